The predicted octanol–water partition coefficient (Wildman–Crippen LogP) is 4.09. The van der Waals surface area contributed by atoms with Crippen molar-refractivity contribution in [3.8, 4) is 0 Å². The summed E-state index contributed by atoms with van der Waals surface area (Å²) in [6.07, 6.45) is 0. The molecule has 23 heavy (non-hydrogen) atoms. The highest BCUT2D eigenvalue weighted by Crippen LogP contribution is 2.23. The minimum Gasteiger partial charge on any atom is -0.207 e. The van der Waals surface area contributed by atoms with E-state index in [4.69, 9.17) is 0 Å². The summed E-state index contributed by atoms with van der Waals surface area (Å²) in [5.41, 5.74) is 2.64. The number of hydrogen-bond acceptors (Lipinski definition) is 0. The van der Waals surface area contributed by atoms with Gasteiger partial charge in [-0.3, -0.25) is 0 Å². The van der Waals surface area contributed by atoms with Crippen LogP contribution in [0, 0.1) is 12.7 Å². The van der Waals surface area contributed by atoms with Crippen LogP contribution in [-0.2, 0) is 0 Å². The van der Waals surface area contributed by atoms with E-state index in [1.807, 2.05) is 13.0 Å². The van der Waals surface area contributed by atoms with Gasteiger partial charge in [-0.25, -0.2) is 4.39 Å². The minimum absolute atomic E-state index is 0.161. The molecule has 0 saturated heterocycles. The second-order valence-corrected chi connectivity index (χ2v) is 8.72. The van der Waals surface area contributed by atoms with Crippen LogP contribution in [0.3, 0.4) is 0 Å². The highest BCUT2D eigenvalue weighted by Gasteiger charge is 2.26. The first-order chi connectivity index (χ1) is 11.2. The van der Waals surface area contributed by atoms with Gasteiger partial charge in [0.2, 0.25) is 0 Å². The third kappa shape index (κ3) is 3.43. The van der Waals surface area contributed by atoms with E-state index in [0.29, 0.717) is 5.54 Å². The van der Waals surface area contributed by atoms with Gasteiger partial charge in [-0.1, -0.05) is 84.0 Å². The molecule has 1 unspecified atom stereocenters. The number of rotatable bonds is 4. The maximum atomic E-state index is 13.5. The van der Waals surface area contributed by atoms with Crippen molar-refractivity contribution in [1.82, 2.24) is 0 Å². The molecule has 0 amide bonds. The van der Waals surface area contributed by atoms with Crippen molar-refractivity contribution in [2.75, 3.05) is 0 Å². The van der Waals surface area contributed by atoms with Crippen molar-refractivity contribution in [2.24, 2.45) is 0 Å². The number of hydrogen-bond donors (Lipinski definition) is 0. The smallest absolute Gasteiger partial charge is 0.128 e. The number of benzene rings is 3. The largest absolute Gasteiger partial charge is 0.207 e. The zero-order valence-corrected chi connectivity index (χ0v) is 14.5. The first kappa shape index (κ1) is 15.7. The molecule has 3 aromatic carbocycles. The van der Waals surface area contributed by atoms with Crippen molar-refractivity contribution < 1.29 is 4.39 Å². The summed E-state index contributed by atoms with van der Waals surface area (Å²) in [6, 6.07) is 26.6. The highest BCUT2D eigenvalue weighted by molar-refractivity contribution is 6.86. The third-order valence-corrected chi connectivity index (χ3v) is 7.39. The Hall–Kier alpha value is -2.19. The summed E-state index contributed by atoms with van der Waals surface area (Å²) in [5.74, 6) is -0.161. The van der Waals surface area contributed by atoms with Gasteiger partial charge in [0, 0.05) is 0 Å². The molecule has 2 heteroatoms. The fourth-order valence-electron chi connectivity index (χ4n) is 3.18. The van der Waals surface area contributed by atoms with E-state index in [1.54, 1.807) is 12.1 Å². The Morgan fingerprint density at radius 2 is 1.30 bits per heavy atom. The highest BCUT2D eigenvalue weighted by atomic mass is 28.3. The second-order valence-electron chi connectivity index (χ2n) is 5.87. The molecule has 0 heterocycles. The molecule has 1 radical (unpaired) electrons. The molecule has 0 fully saturated rings. The third-order valence-electron chi connectivity index (χ3n) is 4.30. The fourth-order valence-corrected chi connectivity index (χ4v) is 6.25. The molecule has 0 N–H and O–H groups in total. The van der Waals surface area contributed by atoms with Crippen LogP contribution in [0.5, 0.6) is 0 Å². The van der Waals surface area contributed by atoms with Crippen LogP contribution in [0.25, 0.3) is 0 Å². The van der Waals surface area contributed by atoms with Crippen molar-refractivity contribution in [3.05, 3.63) is 95.8 Å². The Kier molecular flexibility index (Phi) is 4.72. The van der Waals surface area contributed by atoms with E-state index in [-0.39, 0.29) is 5.82 Å². The van der Waals surface area contributed by atoms with Crippen LogP contribution >= 0.6 is 0 Å². The monoisotopic (exact) mass is 319 g/mol. The molecular formula is C21H20FSi. The summed E-state index contributed by atoms with van der Waals surface area (Å²) < 4.78 is 13.5. The number of halogens is 1. The minimum atomic E-state index is -0.987. The number of aryl methyl sites for hydroxylation is 1. The maximum Gasteiger partial charge on any atom is 0.128 e. The molecule has 0 aliphatic carbocycles. The molecule has 0 aliphatic rings. The average molecular weight is 319 g/mol. The molecule has 0 spiro atoms. The molecule has 0 nitrogen and oxygen atoms in total. The summed E-state index contributed by atoms with van der Waals surface area (Å²) in [7, 11) is -0.987. The molecule has 0 aromatic heterocycles. The summed E-state index contributed by atoms with van der Waals surface area (Å²) in [6.45, 7) is 4.28. The fraction of sp³-hybridized carbons (Fsp3) is 0.143. The van der Waals surface area contributed by atoms with Gasteiger partial charge in [0.15, 0.2) is 0 Å². The Morgan fingerprint density at radius 1 is 0.783 bits per heavy atom. The first-order valence-corrected chi connectivity index (χ1v) is 9.48. The normalized spacial score (nSPS) is 12.3. The molecule has 0 bridgehead atoms. The Labute approximate surface area is 139 Å². The lowest BCUT2D eigenvalue weighted by molar-refractivity contribution is 0.625. The van der Waals surface area contributed by atoms with E-state index in [0.717, 1.165) is 5.56 Å². The van der Waals surface area contributed by atoms with Gasteiger partial charge in [-0.15, -0.1) is 0 Å². The lowest BCUT2D eigenvalue weighted by Crippen LogP contribution is -2.46. The van der Waals surface area contributed by atoms with Crippen LogP contribution in [0.2, 0.25) is 0 Å². The standard InChI is InChI=1S/C21H20FSi/c1-16-15-18(22)13-14-21(16)17(2)23(19-9-5-3-6-10-19)20-11-7-4-8-12-20/h3-15,17H,1-2H3. The first-order valence-electron chi connectivity index (χ1n) is 7.90. The summed E-state index contributed by atoms with van der Waals surface area (Å²) >= 11 is 0. The van der Waals surface area contributed by atoms with Crippen LogP contribution in [0.1, 0.15) is 23.6 Å². The summed E-state index contributed by atoms with van der Waals surface area (Å²) in [5, 5.41) is 2.78. The van der Waals surface area contributed by atoms with E-state index < -0.39 is 8.80 Å². The Morgan fingerprint density at radius 3 is 1.78 bits per heavy atom. The van der Waals surface area contributed by atoms with Gasteiger partial charge in [0.1, 0.15) is 14.6 Å². The molecule has 1 atom stereocenters. The lowest BCUT2D eigenvalue weighted by Gasteiger charge is -2.25. The SMILES string of the molecule is Cc1cc(F)ccc1C(C)[Si](c1ccccc1)c1ccccc1. The van der Waals surface area contributed by atoms with Crippen molar-refractivity contribution in [1.29, 1.82) is 0 Å². The van der Waals surface area contributed by atoms with E-state index in [2.05, 4.69) is 67.6 Å². The maximum absolute atomic E-state index is 13.5. The molecular weight excluding hydrogens is 299 g/mol. The topological polar surface area (TPSA) is 0 Å². The molecule has 115 valence electrons. The molecule has 0 aliphatic heterocycles. The Bertz CT molecular complexity index is 729. The van der Waals surface area contributed by atoms with Gasteiger partial charge in [-0.2, -0.15) is 0 Å². The predicted molar refractivity (Wildman–Crippen MR) is 97.5 cm³/mol. The van der Waals surface area contributed by atoms with E-state index in [1.165, 1.54) is 15.9 Å². The van der Waals surface area contributed by atoms with Gasteiger partial charge >= 0.3 is 0 Å². The summed E-state index contributed by atoms with van der Waals surface area (Å²) in [4.78, 5) is 0. The Balaban J connectivity index is 2.08. The van der Waals surface area contributed by atoms with E-state index >= 15 is 0 Å². The zero-order valence-electron chi connectivity index (χ0n) is 13.5. The lowest BCUT2D eigenvalue weighted by atomic mass is 10.1. The quantitative estimate of drug-likeness (QED) is 0.636. The van der Waals surface area contributed by atoms with Crippen molar-refractivity contribution in [2.45, 2.75) is 19.4 Å². The van der Waals surface area contributed by atoms with Gasteiger partial charge in [0.25, 0.3) is 0 Å². The van der Waals surface area contributed by atoms with Gasteiger partial charge in [0.05, 0.1) is 0 Å². The van der Waals surface area contributed by atoms with E-state index in [9.17, 15) is 4.39 Å². The second kappa shape index (κ2) is 6.92. The molecule has 3 rings (SSSR count). The molecule has 3 aromatic rings. The molecule has 0 saturated carbocycles. The average Bonchev–Trinajstić information content (AvgIpc) is 2.57. The van der Waals surface area contributed by atoms with Crippen LogP contribution in [0.15, 0.2) is 78.9 Å². The van der Waals surface area contributed by atoms with Gasteiger partial charge < -0.3 is 0 Å². The van der Waals surface area contributed by atoms with Crippen molar-refractivity contribution in [3.63, 3.8) is 0 Å². The van der Waals surface area contributed by atoms with Crippen LogP contribution in [0.4, 0.5) is 4.39 Å². The van der Waals surface area contributed by atoms with Crippen molar-refractivity contribution >= 4 is 19.2 Å². The van der Waals surface area contributed by atoms with Gasteiger partial charge in [-0.05, 0) is 35.7 Å². The van der Waals surface area contributed by atoms with Crippen LogP contribution < -0.4 is 10.4 Å². The zero-order chi connectivity index (χ0) is 16.2. The van der Waals surface area contributed by atoms with Crippen LogP contribution in [-0.4, -0.2) is 8.80 Å².